The van der Waals surface area contributed by atoms with Crippen molar-refractivity contribution in [1.82, 2.24) is 9.97 Å². The Hall–Kier alpha value is -2.01. The first-order chi connectivity index (χ1) is 8.65. The highest BCUT2D eigenvalue weighted by atomic mass is 35.5. The summed E-state index contributed by atoms with van der Waals surface area (Å²) in [6.07, 6.45) is -0.0735. The molecule has 1 fully saturated rings. The van der Waals surface area contributed by atoms with Crippen LogP contribution in [0.2, 0.25) is 5.28 Å². The van der Waals surface area contributed by atoms with Gasteiger partial charge in [0.15, 0.2) is 5.78 Å². The number of ketones is 1. The molecule has 2 aromatic rings. The standard InChI is InChI=1S/C12H8ClN3O2/c13-12-14-9-4-2-1-3-8(9)11(15-12)16-6-7(17)5-10(16)18/h1-4H,5-6H2. The van der Waals surface area contributed by atoms with Crippen LogP contribution < -0.4 is 4.90 Å². The molecule has 0 saturated carbocycles. The number of aromatic nitrogens is 2. The number of carbonyl (C=O) groups excluding carboxylic acids is 2. The van der Waals surface area contributed by atoms with Crippen molar-refractivity contribution in [2.75, 3.05) is 11.4 Å². The summed E-state index contributed by atoms with van der Waals surface area (Å²) in [5.41, 5.74) is 0.652. The van der Waals surface area contributed by atoms with Gasteiger partial charge in [-0.25, -0.2) is 4.98 Å². The second-order valence-electron chi connectivity index (χ2n) is 4.03. The van der Waals surface area contributed by atoms with Crippen molar-refractivity contribution in [3.63, 3.8) is 0 Å². The fourth-order valence-corrected chi connectivity index (χ4v) is 2.19. The quantitative estimate of drug-likeness (QED) is 0.578. The van der Waals surface area contributed by atoms with Gasteiger partial charge in [-0.1, -0.05) is 12.1 Å². The highest BCUT2D eigenvalue weighted by Crippen LogP contribution is 2.27. The summed E-state index contributed by atoms with van der Waals surface area (Å²) in [7, 11) is 0. The molecule has 1 amide bonds. The first-order valence-corrected chi connectivity index (χ1v) is 5.77. The third kappa shape index (κ3) is 1.73. The number of Topliss-reactive ketones (excluding diaryl/α,β-unsaturated/α-hetero) is 1. The predicted octanol–water partition coefficient (Wildman–Crippen LogP) is 1.59. The van der Waals surface area contributed by atoms with Crippen molar-refractivity contribution in [3.8, 4) is 0 Å². The Morgan fingerprint density at radius 3 is 2.67 bits per heavy atom. The summed E-state index contributed by atoms with van der Waals surface area (Å²) in [6, 6.07) is 7.24. The summed E-state index contributed by atoms with van der Waals surface area (Å²) in [5, 5.41) is 0.779. The number of fused-ring (bicyclic) bond motifs is 1. The lowest BCUT2D eigenvalue weighted by molar-refractivity contribution is -0.121. The molecule has 3 rings (SSSR count). The normalized spacial score (nSPS) is 15.7. The SMILES string of the molecule is O=C1CC(=O)N(c2nc(Cl)nc3ccccc23)C1. The van der Waals surface area contributed by atoms with Gasteiger partial charge in [0.1, 0.15) is 5.82 Å². The van der Waals surface area contributed by atoms with E-state index in [0.29, 0.717) is 16.7 Å². The number of benzene rings is 1. The summed E-state index contributed by atoms with van der Waals surface area (Å²) >= 11 is 5.84. The smallest absolute Gasteiger partial charge is 0.236 e. The second kappa shape index (κ2) is 4.03. The number of halogens is 1. The number of rotatable bonds is 1. The van der Waals surface area contributed by atoms with Crippen LogP contribution in [0.3, 0.4) is 0 Å². The number of hydrogen-bond acceptors (Lipinski definition) is 4. The molecule has 18 heavy (non-hydrogen) atoms. The molecule has 0 N–H and O–H groups in total. The van der Waals surface area contributed by atoms with Gasteiger partial charge in [0.2, 0.25) is 11.2 Å². The molecule has 6 heteroatoms. The minimum absolute atomic E-state index is 0.0518. The molecule has 5 nitrogen and oxygen atoms in total. The molecular weight excluding hydrogens is 254 g/mol. The van der Waals surface area contributed by atoms with E-state index in [1.807, 2.05) is 12.1 Å². The van der Waals surface area contributed by atoms with E-state index in [0.717, 1.165) is 0 Å². The van der Waals surface area contributed by atoms with Gasteiger partial charge in [0.05, 0.1) is 18.5 Å². The van der Waals surface area contributed by atoms with Crippen LogP contribution in [0.4, 0.5) is 5.82 Å². The molecule has 0 spiro atoms. The number of hydrogen-bond donors (Lipinski definition) is 0. The first-order valence-electron chi connectivity index (χ1n) is 5.39. The number of carbonyl (C=O) groups is 2. The lowest BCUT2D eigenvalue weighted by Crippen LogP contribution is -2.26. The van der Waals surface area contributed by atoms with Crippen LogP contribution in [0.25, 0.3) is 10.9 Å². The van der Waals surface area contributed by atoms with E-state index in [1.54, 1.807) is 12.1 Å². The Morgan fingerprint density at radius 1 is 1.17 bits per heavy atom. The fraction of sp³-hybridized carbons (Fsp3) is 0.167. The molecule has 0 aliphatic carbocycles. The number of nitrogens with zero attached hydrogens (tertiary/aromatic N) is 3. The number of anilines is 1. The van der Waals surface area contributed by atoms with Gasteiger partial charge in [-0.3, -0.25) is 14.5 Å². The molecule has 2 heterocycles. The average Bonchev–Trinajstić information content (AvgIpc) is 2.67. The van der Waals surface area contributed by atoms with Crippen LogP contribution in [0.15, 0.2) is 24.3 Å². The lowest BCUT2D eigenvalue weighted by atomic mass is 10.2. The maximum atomic E-state index is 11.7. The van der Waals surface area contributed by atoms with Gasteiger partial charge in [-0.15, -0.1) is 0 Å². The second-order valence-corrected chi connectivity index (χ2v) is 4.37. The fourth-order valence-electron chi connectivity index (χ4n) is 2.02. The molecule has 1 saturated heterocycles. The molecule has 0 radical (unpaired) electrons. The highest BCUT2D eigenvalue weighted by molar-refractivity contribution is 6.29. The Labute approximate surface area is 107 Å². The minimum Gasteiger partial charge on any atom is -0.297 e. The molecule has 90 valence electrons. The number of amides is 1. The number of para-hydroxylation sites is 1. The van der Waals surface area contributed by atoms with Crippen LogP contribution >= 0.6 is 11.6 Å². The predicted molar refractivity (Wildman–Crippen MR) is 66.5 cm³/mol. The van der Waals surface area contributed by atoms with Crippen LogP contribution in [-0.2, 0) is 9.59 Å². The monoisotopic (exact) mass is 261 g/mol. The van der Waals surface area contributed by atoms with Crippen molar-refractivity contribution in [2.24, 2.45) is 0 Å². The summed E-state index contributed by atoms with van der Waals surface area (Å²) in [6.45, 7) is 0.0518. The minimum atomic E-state index is -0.250. The Bertz CT molecular complexity index is 671. The molecule has 1 aromatic heterocycles. The van der Waals surface area contributed by atoms with Gasteiger partial charge in [0.25, 0.3) is 0 Å². The van der Waals surface area contributed by atoms with E-state index in [-0.39, 0.29) is 29.9 Å². The Morgan fingerprint density at radius 2 is 1.94 bits per heavy atom. The van der Waals surface area contributed by atoms with Gasteiger partial charge >= 0.3 is 0 Å². The van der Waals surface area contributed by atoms with E-state index < -0.39 is 0 Å². The van der Waals surface area contributed by atoms with E-state index in [2.05, 4.69) is 9.97 Å². The van der Waals surface area contributed by atoms with Gasteiger partial charge < -0.3 is 0 Å². The van der Waals surface area contributed by atoms with Crippen molar-refractivity contribution < 1.29 is 9.59 Å². The van der Waals surface area contributed by atoms with E-state index >= 15 is 0 Å². The zero-order chi connectivity index (χ0) is 12.7. The topological polar surface area (TPSA) is 63.2 Å². The maximum absolute atomic E-state index is 11.7. The Kier molecular flexibility index (Phi) is 2.48. The van der Waals surface area contributed by atoms with Crippen molar-refractivity contribution in [3.05, 3.63) is 29.5 Å². The van der Waals surface area contributed by atoms with E-state index in [1.165, 1.54) is 4.90 Å². The van der Waals surface area contributed by atoms with Crippen LogP contribution in [0.1, 0.15) is 6.42 Å². The van der Waals surface area contributed by atoms with Crippen LogP contribution in [-0.4, -0.2) is 28.2 Å². The van der Waals surface area contributed by atoms with Gasteiger partial charge in [0, 0.05) is 5.39 Å². The third-order valence-electron chi connectivity index (χ3n) is 2.80. The molecule has 0 atom stereocenters. The summed E-state index contributed by atoms with van der Waals surface area (Å²) < 4.78 is 0. The molecule has 1 aromatic carbocycles. The largest absolute Gasteiger partial charge is 0.297 e. The summed E-state index contributed by atoms with van der Waals surface area (Å²) in [4.78, 5) is 32.6. The Balaban J connectivity index is 2.22. The van der Waals surface area contributed by atoms with Crippen LogP contribution in [0, 0.1) is 0 Å². The molecule has 0 bridgehead atoms. The van der Waals surface area contributed by atoms with Crippen molar-refractivity contribution >= 4 is 40.0 Å². The summed E-state index contributed by atoms with van der Waals surface area (Å²) in [5.74, 6) is 0.0418. The molecule has 1 aliphatic heterocycles. The molecule has 0 unspecified atom stereocenters. The van der Waals surface area contributed by atoms with Gasteiger partial charge in [-0.05, 0) is 23.7 Å². The van der Waals surface area contributed by atoms with Crippen molar-refractivity contribution in [2.45, 2.75) is 6.42 Å². The van der Waals surface area contributed by atoms with E-state index in [4.69, 9.17) is 11.6 Å². The van der Waals surface area contributed by atoms with Crippen molar-refractivity contribution in [1.29, 1.82) is 0 Å². The van der Waals surface area contributed by atoms with Gasteiger partial charge in [-0.2, -0.15) is 4.98 Å². The third-order valence-corrected chi connectivity index (χ3v) is 2.96. The highest BCUT2D eigenvalue weighted by Gasteiger charge is 2.30. The van der Waals surface area contributed by atoms with Crippen LogP contribution in [0.5, 0.6) is 0 Å². The lowest BCUT2D eigenvalue weighted by Gasteiger charge is -2.15. The molecular formula is C12H8ClN3O2. The zero-order valence-corrected chi connectivity index (χ0v) is 10.0. The maximum Gasteiger partial charge on any atom is 0.236 e. The first kappa shape index (κ1) is 11.1. The molecule has 1 aliphatic rings. The zero-order valence-electron chi connectivity index (χ0n) is 9.26. The average molecular weight is 262 g/mol. The van der Waals surface area contributed by atoms with E-state index in [9.17, 15) is 9.59 Å².